The molecule has 2 aromatic rings. The molecule has 6 heteroatoms. The lowest BCUT2D eigenvalue weighted by Gasteiger charge is -2.39. The van der Waals surface area contributed by atoms with Crippen LogP contribution in [0.4, 0.5) is 5.69 Å². The highest BCUT2D eigenvalue weighted by molar-refractivity contribution is 5.81. The number of benzene rings is 2. The number of carbonyl (C=O) groups is 2. The van der Waals surface area contributed by atoms with Gasteiger partial charge in [-0.15, -0.1) is 0 Å². The van der Waals surface area contributed by atoms with E-state index in [1.54, 1.807) is 6.92 Å². The van der Waals surface area contributed by atoms with Crippen molar-refractivity contribution in [2.75, 3.05) is 24.6 Å². The second-order valence-corrected chi connectivity index (χ2v) is 9.52. The van der Waals surface area contributed by atoms with Crippen LogP contribution >= 0.6 is 0 Å². The number of carbonyl (C=O) groups excluding carboxylic acids is 2. The fraction of sp³-hybridized carbons (Fsp3) is 0.500. The first kappa shape index (κ1) is 24.1. The van der Waals surface area contributed by atoms with Gasteiger partial charge in [-0.2, -0.15) is 0 Å². The first-order valence-electron chi connectivity index (χ1n) is 12.4. The highest BCUT2D eigenvalue weighted by Crippen LogP contribution is 2.38. The van der Waals surface area contributed by atoms with E-state index in [4.69, 9.17) is 14.2 Å². The molecule has 0 N–H and O–H groups in total. The molecular formula is C28H35NO5. The van der Waals surface area contributed by atoms with Gasteiger partial charge in [-0.25, -0.2) is 4.79 Å². The van der Waals surface area contributed by atoms with Crippen molar-refractivity contribution in [3.8, 4) is 11.5 Å². The molecule has 2 fully saturated rings. The predicted octanol–water partition coefficient (Wildman–Crippen LogP) is 5.29. The third kappa shape index (κ3) is 5.54. The second-order valence-electron chi connectivity index (χ2n) is 9.52. The Bertz CT molecular complexity index is 981. The summed E-state index contributed by atoms with van der Waals surface area (Å²) in [6.07, 6.45) is 4.02. The molecule has 1 aliphatic heterocycles. The smallest absolute Gasteiger partial charge is 0.350 e. The number of anilines is 1. The van der Waals surface area contributed by atoms with E-state index in [2.05, 4.69) is 24.0 Å². The molecule has 0 bridgehead atoms. The minimum atomic E-state index is -0.816. The van der Waals surface area contributed by atoms with Crippen LogP contribution in [0.2, 0.25) is 0 Å². The third-order valence-corrected chi connectivity index (χ3v) is 6.81. The van der Waals surface area contributed by atoms with E-state index in [1.165, 1.54) is 0 Å². The van der Waals surface area contributed by atoms with Crippen molar-refractivity contribution in [3.63, 3.8) is 0 Å². The lowest BCUT2D eigenvalue weighted by Crippen LogP contribution is -2.51. The van der Waals surface area contributed by atoms with E-state index in [0.717, 1.165) is 42.9 Å². The summed E-state index contributed by atoms with van der Waals surface area (Å²) in [4.78, 5) is 26.0. The topological polar surface area (TPSA) is 65.1 Å². The maximum absolute atomic E-state index is 12.3. The normalized spacial score (nSPS) is 19.7. The predicted molar refractivity (Wildman–Crippen MR) is 132 cm³/mol. The highest BCUT2D eigenvalue weighted by Gasteiger charge is 2.48. The zero-order valence-corrected chi connectivity index (χ0v) is 20.4. The number of ether oxygens (including phenoxy) is 3. The van der Waals surface area contributed by atoms with E-state index in [1.807, 2.05) is 43.3 Å². The Morgan fingerprint density at radius 1 is 1.06 bits per heavy atom. The lowest BCUT2D eigenvalue weighted by atomic mass is 9.80. The number of rotatable bonds is 10. The fourth-order valence-electron chi connectivity index (χ4n) is 4.73. The molecule has 182 valence electrons. The van der Waals surface area contributed by atoms with Gasteiger partial charge in [-0.1, -0.05) is 19.1 Å². The second kappa shape index (κ2) is 10.5. The van der Waals surface area contributed by atoms with E-state index in [0.29, 0.717) is 31.6 Å². The Morgan fingerprint density at radius 2 is 1.74 bits per heavy atom. The molecule has 0 aromatic heterocycles. The molecule has 2 aromatic carbocycles. The van der Waals surface area contributed by atoms with Crippen LogP contribution < -0.4 is 14.4 Å². The average Bonchev–Trinajstić information content (AvgIpc) is 3.25. The van der Waals surface area contributed by atoms with Gasteiger partial charge in [0.05, 0.1) is 13.2 Å². The minimum absolute atomic E-state index is 0.124. The molecule has 0 radical (unpaired) electrons. The van der Waals surface area contributed by atoms with Crippen molar-refractivity contribution >= 4 is 17.4 Å². The SMILES string of the molecule is CCOC(=O)C1(Oc2ccc(N3CCC(Oc4ccc([C@H](C)CC(C)=O)cc4)C3)cc2)CCC1. The quantitative estimate of drug-likeness (QED) is 0.444. The summed E-state index contributed by atoms with van der Waals surface area (Å²) in [6.45, 7) is 7.63. The van der Waals surface area contributed by atoms with E-state index in [-0.39, 0.29) is 23.8 Å². The Balaban J connectivity index is 1.30. The van der Waals surface area contributed by atoms with Gasteiger partial charge in [0.2, 0.25) is 5.60 Å². The van der Waals surface area contributed by atoms with Crippen molar-refractivity contribution in [3.05, 3.63) is 54.1 Å². The van der Waals surface area contributed by atoms with Crippen LogP contribution in [-0.2, 0) is 14.3 Å². The summed E-state index contributed by atoms with van der Waals surface area (Å²) in [7, 11) is 0. The van der Waals surface area contributed by atoms with Gasteiger partial charge in [0.1, 0.15) is 23.4 Å². The third-order valence-electron chi connectivity index (χ3n) is 6.81. The van der Waals surface area contributed by atoms with Gasteiger partial charge >= 0.3 is 5.97 Å². The van der Waals surface area contributed by atoms with Gasteiger partial charge in [-0.05, 0) is 81.0 Å². The summed E-state index contributed by atoms with van der Waals surface area (Å²) in [5.41, 5.74) is 1.46. The molecule has 1 aliphatic carbocycles. The average molecular weight is 466 g/mol. The maximum atomic E-state index is 12.3. The molecule has 1 saturated carbocycles. The number of nitrogens with zero attached hydrogens (tertiary/aromatic N) is 1. The van der Waals surface area contributed by atoms with Crippen molar-refractivity contribution in [2.24, 2.45) is 0 Å². The largest absolute Gasteiger partial charge is 0.489 e. The number of esters is 1. The van der Waals surface area contributed by atoms with Crippen molar-refractivity contribution in [2.45, 2.75) is 70.5 Å². The number of hydrogen-bond donors (Lipinski definition) is 0. The van der Waals surface area contributed by atoms with Crippen LogP contribution in [0.5, 0.6) is 11.5 Å². The molecular weight excluding hydrogens is 430 g/mol. The van der Waals surface area contributed by atoms with Crippen molar-refractivity contribution in [1.29, 1.82) is 0 Å². The summed E-state index contributed by atoms with van der Waals surface area (Å²) in [5.74, 6) is 1.73. The van der Waals surface area contributed by atoms with Crippen LogP contribution in [0.1, 0.15) is 64.4 Å². The monoisotopic (exact) mass is 465 g/mol. The van der Waals surface area contributed by atoms with Crippen LogP contribution in [0.15, 0.2) is 48.5 Å². The zero-order valence-electron chi connectivity index (χ0n) is 20.4. The van der Waals surface area contributed by atoms with Gasteiger partial charge in [0, 0.05) is 25.1 Å². The standard InChI is InChI=1S/C28H35NO5/c1-4-32-27(31)28(15-5-16-28)34-25-12-8-23(9-13-25)29-17-14-26(19-29)33-24-10-6-22(7-11-24)20(2)18-21(3)30/h6-13,20,26H,4-5,14-19H2,1-3H3/t20-,26?/m1/s1. The van der Waals surface area contributed by atoms with Gasteiger partial charge < -0.3 is 23.9 Å². The first-order valence-corrected chi connectivity index (χ1v) is 12.4. The number of hydrogen-bond acceptors (Lipinski definition) is 6. The Labute approximate surface area is 202 Å². The molecule has 0 spiro atoms. The number of Topliss-reactive ketones (excluding diaryl/α,β-unsaturated/α-hetero) is 1. The Kier molecular flexibility index (Phi) is 7.44. The summed E-state index contributed by atoms with van der Waals surface area (Å²) in [5, 5.41) is 0. The highest BCUT2D eigenvalue weighted by atomic mass is 16.6. The van der Waals surface area contributed by atoms with Crippen molar-refractivity contribution < 1.29 is 23.8 Å². The molecule has 34 heavy (non-hydrogen) atoms. The molecule has 4 rings (SSSR count). The maximum Gasteiger partial charge on any atom is 0.350 e. The summed E-state index contributed by atoms with van der Waals surface area (Å²) >= 11 is 0. The summed E-state index contributed by atoms with van der Waals surface area (Å²) in [6, 6.07) is 16.1. The van der Waals surface area contributed by atoms with E-state index < -0.39 is 5.60 Å². The van der Waals surface area contributed by atoms with E-state index in [9.17, 15) is 9.59 Å². The Morgan fingerprint density at radius 3 is 2.32 bits per heavy atom. The van der Waals surface area contributed by atoms with Gasteiger partial charge in [-0.3, -0.25) is 0 Å². The van der Waals surface area contributed by atoms with E-state index >= 15 is 0 Å². The Hall–Kier alpha value is -3.02. The molecule has 1 saturated heterocycles. The molecule has 2 aliphatic rings. The summed E-state index contributed by atoms with van der Waals surface area (Å²) < 4.78 is 17.5. The number of ketones is 1. The van der Waals surface area contributed by atoms with Crippen LogP contribution in [-0.4, -0.2) is 43.2 Å². The van der Waals surface area contributed by atoms with Crippen LogP contribution in [0, 0.1) is 0 Å². The lowest BCUT2D eigenvalue weighted by molar-refractivity contribution is -0.169. The van der Waals surface area contributed by atoms with Gasteiger partial charge in [0.25, 0.3) is 0 Å². The molecule has 6 nitrogen and oxygen atoms in total. The molecule has 1 unspecified atom stereocenters. The van der Waals surface area contributed by atoms with Crippen LogP contribution in [0.25, 0.3) is 0 Å². The minimum Gasteiger partial charge on any atom is -0.489 e. The molecule has 1 heterocycles. The fourth-order valence-corrected chi connectivity index (χ4v) is 4.73. The zero-order chi connectivity index (χ0) is 24.1. The molecule has 0 amide bonds. The van der Waals surface area contributed by atoms with Crippen LogP contribution in [0.3, 0.4) is 0 Å². The first-order chi connectivity index (χ1) is 16.4. The molecule has 2 atom stereocenters. The van der Waals surface area contributed by atoms with Gasteiger partial charge in [0.15, 0.2) is 0 Å². The van der Waals surface area contributed by atoms with Crippen molar-refractivity contribution in [1.82, 2.24) is 0 Å².